The van der Waals surface area contributed by atoms with Crippen molar-refractivity contribution in [2.75, 3.05) is 31.2 Å². The van der Waals surface area contributed by atoms with E-state index in [2.05, 4.69) is 20.5 Å². The Balaban J connectivity index is 2.23. The zero-order chi connectivity index (χ0) is 20.3. The van der Waals surface area contributed by atoms with E-state index >= 15 is 0 Å². The highest BCUT2D eigenvalue weighted by Crippen LogP contribution is 2.59. The van der Waals surface area contributed by atoms with Gasteiger partial charge in [-0.15, -0.1) is 5.10 Å². The van der Waals surface area contributed by atoms with Crippen LogP contribution in [0.25, 0.3) is 11.0 Å². The maximum atomic E-state index is 13.2. The molecule has 0 aliphatic carbocycles. The third-order valence-electron chi connectivity index (χ3n) is 4.41. The molecule has 2 aromatic heterocycles. The molecule has 0 radical (unpaired) electrons. The van der Waals surface area contributed by atoms with Crippen molar-refractivity contribution in [1.82, 2.24) is 25.2 Å². The molecule has 28 heavy (non-hydrogen) atoms. The van der Waals surface area contributed by atoms with Gasteiger partial charge >= 0.3 is 13.6 Å². The van der Waals surface area contributed by atoms with Crippen LogP contribution in [0, 0.1) is 0 Å². The number of anilines is 1. The minimum absolute atomic E-state index is 0.0323. The van der Waals surface area contributed by atoms with Gasteiger partial charge in [-0.1, -0.05) is 5.21 Å². The van der Waals surface area contributed by atoms with Crippen LogP contribution in [0.2, 0.25) is 0 Å². The number of aromatic amines is 1. The molecule has 0 aromatic carbocycles. The number of carboxylic acid groups (broad SMARTS) is 1. The number of hydrogen-bond acceptors (Lipinski definition) is 9. The van der Waals surface area contributed by atoms with E-state index in [-0.39, 0.29) is 24.2 Å². The molecule has 1 aliphatic heterocycles. The summed E-state index contributed by atoms with van der Waals surface area (Å²) in [6.45, 7) is 4.46. The molecule has 1 unspecified atom stereocenters. The molecular weight excluding hydrogens is 391 g/mol. The van der Waals surface area contributed by atoms with Gasteiger partial charge in [0.1, 0.15) is 0 Å². The topological polar surface area (TPSA) is 153 Å². The molecule has 0 saturated carbocycles. The highest BCUT2D eigenvalue weighted by molar-refractivity contribution is 7.55. The average molecular weight is 414 g/mol. The number of hydrogen-bond donors (Lipinski definition) is 2. The Morgan fingerprint density at radius 3 is 2.46 bits per heavy atom. The summed E-state index contributed by atoms with van der Waals surface area (Å²) in [6, 6.07) is 0. The number of nitrogens with one attached hydrogen (secondary N) is 1. The first-order chi connectivity index (χ1) is 13.4. The van der Waals surface area contributed by atoms with Crippen LogP contribution >= 0.6 is 7.60 Å². The Kier molecular flexibility index (Phi) is 6.11. The van der Waals surface area contributed by atoms with Crippen LogP contribution in [0.15, 0.2) is 4.79 Å². The number of aliphatic carboxylic acids is 1. The molecule has 0 bridgehead atoms. The second-order valence-corrected chi connectivity index (χ2v) is 8.33. The largest absolute Gasteiger partial charge is 0.479 e. The summed E-state index contributed by atoms with van der Waals surface area (Å²) in [4.78, 5) is 26.5. The van der Waals surface area contributed by atoms with Gasteiger partial charge in [0.2, 0.25) is 0 Å². The highest BCUT2D eigenvalue weighted by Gasteiger charge is 2.45. The van der Waals surface area contributed by atoms with E-state index in [9.17, 15) is 19.3 Å². The molecule has 1 fully saturated rings. The molecule has 2 aromatic rings. The summed E-state index contributed by atoms with van der Waals surface area (Å²) in [5.41, 5.74) is -0.675. The van der Waals surface area contributed by atoms with Gasteiger partial charge in [-0.2, -0.15) is 5.10 Å². The van der Waals surface area contributed by atoms with Crippen LogP contribution in [-0.2, 0) is 18.4 Å². The lowest BCUT2D eigenvalue weighted by atomic mass is 10.1. The first kappa shape index (κ1) is 20.4. The second kappa shape index (κ2) is 8.38. The monoisotopic (exact) mass is 414 g/mol. The van der Waals surface area contributed by atoms with Crippen molar-refractivity contribution in [2.45, 2.75) is 38.9 Å². The van der Waals surface area contributed by atoms with Crippen molar-refractivity contribution in [2.24, 2.45) is 0 Å². The average Bonchev–Trinajstić information content (AvgIpc) is 3.03. The summed E-state index contributed by atoms with van der Waals surface area (Å²) in [6.07, 6.45) is 2.94. The Morgan fingerprint density at radius 2 is 1.89 bits per heavy atom. The highest BCUT2D eigenvalue weighted by atomic mass is 31.2. The van der Waals surface area contributed by atoms with Gasteiger partial charge in [-0.3, -0.25) is 9.36 Å². The zero-order valence-corrected chi connectivity index (χ0v) is 16.6. The van der Waals surface area contributed by atoms with Crippen LogP contribution in [0.5, 0.6) is 0 Å². The van der Waals surface area contributed by atoms with Crippen molar-refractivity contribution >= 4 is 30.4 Å². The fourth-order valence-corrected chi connectivity index (χ4v) is 5.08. The standard InChI is InChI=1S/C15H23N6O6P/c1-3-26-28(25,27-4-2)14(15(23)24)21-11-10(16-19-17-13(11)22)12(18-21)20-8-6-5-7-9-20/h14H,3-9H2,1-2H3,(H,23,24)(H,16,17,22). The third-order valence-corrected chi connectivity index (χ3v) is 6.68. The van der Waals surface area contributed by atoms with Crippen LogP contribution < -0.4 is 10.5 Å². The van der Waals surface area contributed by atoms with E-state index in [0.717, 1.165) is 23.9 Å². The molecule has 0 spiro atoms. The van der Waals surface area contributed by atoms with Crippen LogP contribution in [0.4, 0.5) is 5.82 Å². The smallest absolute Gasteiger partial charge is 0.366 e. The lowest BCUT2D eigenvalue weighted by Crippen LogP contribution is -2.30. The van der Waals surface area contributed by atoms with Crippen LogP contribution in [-0.4, -0.2) is 62.6 Å². The quantitative estimate of drug-likeness (QED) is 0.605. The van der Waals surface area contributed by atoms with E-state index in [1.807, 2.05) is 4.90 Å². The van der Waals surface area contributed by atoms with Crippen molar-refractivity contribution < 1.29 is 23.5 Å². The Hall–Kier alpha value is -2.30. The van der Waals surface area contributed by atoms with E-state index in [1.165, 1.54) is 0 Å². The fourth-order valence-electron chi connectivity index (χ4n) is 3.30. The number of aromatic nitrogens is 5. The number of H-pyrrole nitrogens is 1. The zero-order valence-electron chi connectivity index (χ0n) is 15.7. The van der Waals surface area contributed by atoms with Crippen molar-refractivity contribution in [3.8, 4) is 0 Å². The summed E-state index contributed by atoms with van der Waals surface area (Å²) in [7, 11) is -4.18. The van der Waals surface area contributed by atoms with Gasteiger partial charge in [-0.05, 0) is 33.1 Å². The van der Waals surface area contributed by atoms with Gasteiger partial charge < -0.3 is 19.1 Å². The predicted molar refractivity (Wildman–Crippen MR) is 99.5 cm³/mol. The number of nitrogens with zero attached hydrogens (tertiary/aromatic N) is 5. The Morgan fingerprint density at radius 1 is 1.25 bits per heavy atom. The molecular formula is C15H23N6O6P. The van der Waals surface area contributed by atoms with Gasteiger partial charge in [0, 0.05) is 13.1 Å². The molecule has 1 saturated heterocycles. The minimum Gasteiger partial charge on any atom is -0.479 e. The van der Waals surface area contributed by atoms with Crippen molar-refractivity contribution in [3.63, 3.8) is 0 Å². The Labute approximate surface area is 160 Å². The lowest BCUT2D eigenvalue weighted by Gasteiger charge is -2.26. The van der Waals surface area contributed by atoms with Gasteiger partial charge in [0.25, 0.3) is 11.3 Å². The summed E-state index contributed by atoms with van der Waals surface area (Å²) in [5.74, 6) is -2.99. The molecule has 12 nitrogen and oxygen atoms in total. The van der Waals surface area contributed by atoms with Crippen molar-refractivity contribution in [1.29, 1.82) is 0 Å². The van der Waals surface area contributed by atoms with Gasteiger partial charge in [0.05, 0.1) is 13.2 Å². The van der Waals surface area contributed by atoms with Gasteiger partial charge in [0.15, 0.2) is 16.9 Å². The van der Waals surface area contributed by atoms with Crippen LogP contribution in [0.3, 0.4) is 0 Å². The SMILES string of the molecule is CCOP(=O)(OCC)C(C(=O)O)n1nc(N2CCCCC2)c2nn[nH]c(=O)c21. The van der Waals surface area contributed by atoms with E-state index in [0.29, 0.717) is 18.9 Å². The molecule has 3 rings (SSSR count). The molecule has 1 aliphatic rings. The molecule has 3 heterocycles. The molecule has 13 heteroatoms. The number of carbonyl (C=O) groups is 1. The fraction of sp³-hybridized carbons (Fsp3) is 0.667. The van der Waals surface area contributed by atoms with E-state index in [4.69, 9.17) is 9.05 Å². The number of piperidine rings is 1. The van der Waals surface area contributed by atoms with Crippen molar-refractivity contribution in [3.05, 3.63) is 10.4 Å². The minimum atomic E-state index is -4.18. The summed E-state index contributed by atoms with van der Waals surface area (Å²) >= 11 is 0. The van der Waals surface area contributed by atoms with E-state index < -0.39 is 24.9 Å². The van der Waals surface area contributed by atoms with E-state index in [1.54, 1.807) is 13.8 Å². The maximum Gasteiger partial charge on any atom is 0.366 e. The molecule has 1 atom stereocenters. The third kappa shape index (κ3) is 3.67. The van der Waals surface area contributed by atoms with Crippen LogP contribution in [0.1, 0.15) is 38.9 Å². The molecule has 0 amide bonds. The summed E-state index contributed by atoms with van der Waals surface area (Å²) in [5, 5.41) is 23.9. The Bertz CT molecular complexity index is 942. The normalized spacial score (nSPS) is 16.4. The maximum absolute atomic E-state index is 13.2. The predicted octanol–water partition coefficient (Wildman–Crippen LogP) is 1.35. The van der Waals surface area contributed by atoms with Gasteiger partial charge in [-0.25, -0.2) is 14.6 Å². The second-order valence-electron chi connectivity index (χ2n) is 6.24. The number of fused-ring (bicyclic) bond motifs is 1. The summed E-state index contributed by atoms with van der Waals surface area (Å²) < 4.78 is 24.6. The number of carboxylic acids is 1. The molecule has 154 valence electrons. The number of rotatable bonds is 8. The first-order valence-corrected chi connectivity index (χ1v) is 10.7. The molecule has 2 N–H and O–H groups in total. The lowest BCUT2D eigenvalue weighted by molar-refractivity contribution is -0.139. The first-order valence-electron chi connectivity index (χ1n) is 9.13.